The minimum Gasteiger partial charge on any atom is -0.478 e. The van der Waals surface area contributed by atoms with E-state index in [1.54, 1.807) is 12.1 Å². The van der Waals surface area contributed by atoms with E-state index in [2.05, 4.69) is 0 Å². The second kappa shape index (κ2) is 9.12. The Labute approximate surface area is 158 Å². The highest BCUT2D eigenvalue weighted by Gasteiger charge is 2.09. The maximum Gasteiger partial charge on any atom is 0.335 e. The summed E-state index contributed by atoms with van der Waals surface area (Å²) in [5, 5.41) is 9.33. The molecule has 6 heteroatoms. The van der Waals surface area contributed by atoms with Gasteiger partial charge in [0.2, 0.25) is 0 Å². The molecule has 0 aliphatic rings. The molecule has 3 rings (SSSR count). The lowest BCUT2D eigenvalue weighted by atomic mass is 9.96. The van der Waals surface area contributed by atoms with Crippen LogP contribution in [0.5, 0.6) is 0 Å². The summed E-state index contributed by atoms with van der Waals surface area (Å²) in [6.07, 6.45) is 0. The van der Waals surface area contributed by atoms with Gasteiger partial charge in [0.25, 0.3) is 10.1 Å². The summed E-state index contributed by atoms with van der Waals surface area (Å²) in [5.74, 6) is -1.11. The van der Waals surface area contributed by atoms with Crippen molar-refractivity contribution < 1.29 is 22.9 Å². The standard InChI is InChI=1S/C19H14O2.C2H6O3S/c20-19(21)18-12-16(14-7-3-1-4-8-14)11-17(13-18)15-9-5-2-6-10-15;1-2-6(3,4)5/h1-13H,(H,20,21);2H2,1H3,(H,3,4,5). The van der Waals surface area contributed by atoms with Crippen molar-refractivity contribution in [3.63, 3.8) is 0 Å². The van der Waals surface area contributed by atoms with Gasteiger partial charge in [-0.25, -0.2) is 4.79 Å². The highest BCUT2D eigenvalue weighted by molar-refractivity contribution is 7.85. The highest BCUT2D eigenvalue weighted by Crippen LogP contribution is 2.28. The minimum atomic E-state index is -3.66. The number of carboxylic acids is 1. The van der Waals surface area contributed by atoms with Crippen LogP contribution >= 0.6 is 0 Å². The summed E-state index contributed by atoms with van der Waals surface area (Å²) in [7, 11) is -3.66. The Morgan fingerprint density at radius 3 is 1.44 bits per heavy atom. The average Bonchev–Trinajstić information content (AvgIpc) is 2.69. The SMILES string of the molecule is CCS(=O)(=O)O.O=C(O)c1cc(-c2ccccc2)cc(-c2ccccc2)c1. The summed E-state index contributed by atoms with van der Waals surface area (Å²) >= 11 is 0. The molecule has 0 aromatic heterocycles. The number of carboxylic acid groups (broad SMARTS) is 1. The van der Waals surface area contributed by atoms with Gasteiger partial charge in [-0.05, 0) is 47.4 Å². The quantitative estimate of drug-likeness (QED) is 0.641. The summed E-state index contributed by atoms with van der Waals surface area (Å²) in [6.45, 7) is 1.37. The smallest absolute Gasteiger partial charge is 0.335 e. The molecule has 0 fully saturated rings. The zero-order valence-electron chi connectivity index (χ0n) is 14.7. The molecule has 0 heterocycles. The molecule has 140 valence electrons. The molecule has 0 saturated carbocycles. The van der Waals surface area contributed by atoms with E-state index in [9.17, 15) is 18.3 Å². The van der Waals surface area contributed by atoms with Crippen LogP contribution < -0.4 is 0 Å². The lowest BCUT2D eigenvalue weighted by molar-refractivity contribution is 0.0697. The molecule has 0 amide bonds. The summed E-state index contributed by atoms with van der Waals surface area (Å²) in [4.78, 5) is 11.4. The van der Waals surface area contributed by atoms with Crippen LogP contribution in [0.1, 0.15) is 17.3 Å². The van der Waals surface area contributed by atoms with Crippen molar-refractivity contribution in [1.82, 2.24) is 0 Å². The molecule has 0 spiro atoms. The second-order valence-electron chi connectivity index (χ2n) is 5.71. The van der Waals surface area contributed by atoms with E-state index in [0.29, 0.717) is 5.56 Å². The Hall–Kier alpha value is -2.96. The second-order valence-corrected chi connectivity index (χ2v) is 7.45. The third-order valence-corrected chi connectivity index (χ3v) is 4.49. The number of carbonyl (C=O) groups is 1. The fourth-order valence-electron chi connectivity index (χ4n) is 2.35. The molecule has 0 aliphatic heterocycles. The first-order valence-corrected chi connectivity index (χ1v) is 9.85. The van der Waals surface area contributed by atoms with Crippen molar-refractivity contribution >= 4 is 16.1 Å². The van der Waals surface area contributed by atoms with Crippen molar-refractivity contribution in [2.45, 2.75) is 6.92 Å². The summed E-state index contributed by atoms with van der Waals surface area (Å²) in [6, 6.07) is 25.1. The van der Waals surface area contributed by atoms with E-state index in [-0.39, 0.29) is 5.75 Å². The van der Waals surface area contributed by atoms with Crippen LogP contribution in [0.4, 0.5) is 0 Å². The van der Waals surface area contributed by atoms with Gasteiger partial charge in [0.05, 0.1) is 11.3 Å². The van der Waals surface area contributed by atoms with Gasteiger partial charge in [-0.15, -0.1) is 0 Å². The first kappa shape index (κ1) is 20.4. The first-order valence-electron chi connectivity index (χ1n) is 8.24. The number of hydrogen-bond donors (Lipinski definition) is 2. The number of aromatic carboxylic acids is 1. The fraction of sp³-hybridized carbons (Fsp3) is 0.0952. The zero-order valence-corrected chi connectivity index (χ0v) is 15.6. The zero-order chi connectivity index (χ0) is 19.9. The molecule has 2 N–H and O–H groups in total. The van der Waals surface area contributed by atoms with E-state index >= 15 is 0 Å². The molecule has 0 saturated heterocycles. The maximum absolute atomic E-state index is 11.4. The number of benzene rings is 3. The number of rotatable bonds is 4. The van der Waals surface area contributed by atoms with Crippen molar-refractivity contribution in [2.75, 3.05) is 5.75 Å². The van der Waals surface area contributed by atoms with E-state index in [4.69, 9.17) is 4.55 Å². The van der Waals surface area contributed by atoms with Gasteiger partial charge in [-0.3, -0.25) is 4.55 Å². The topological polar surface area (TPSA) is 91.7 Å². The molecule has 27 heavy (non-hydrogen) atoms. The monoisotopic (exact) mass is 384 g/mol. The predicted molar refractivity (Wildman–Crippen MR) is 106 cm³/mol. The van der Waals surface area contributed by atoms with E-state index in [1.807, 2.05) is 66.7 Å². The van der Waals surface area contributed by atoms with Crippen LogP contribution in [0.25, 0.3) is 22.3 Å². The maximum atomic E-state index is 11.4. The lowest BCUT2D eigenvalue weighted by Gasteiger charge is -2.08. The third-order valence-electron chi connectivity index (χ3n) is 3.76. The van der Waals surface area contributed by atoms with Gasteiger partial charge in [-0.2, -0.15) is 8.42 Å². The molecule has 3 aromatic carbocycles. The first-order chi connectivity index (χ1) is 12.8. The largest absolute Gasteiger partial charge is 0.478 e. The van der Waals surface area contributed by atoms with E-state index < -0.39 is 16.1 Å². The normalized spacial score (nSPS) is 10.6. The Balaban J connectivity index is 0.000000380. The van der Waals surface area contributed by atoms with E-state index in [1.165, 1.54) is 6.92 Å². The lowest BCUT2D eigenvalue weighted by Crippen LogP contribution is -1.97. The molecule has 0 radical (unpaired) electrons. The number of hydrogen-bond acceptors (Lipinski definition) is 3. The van der Waals surface area contributed by atoms with Crippen LogP contribution in [-0.2, 0) is 10.1 Å². The Morgan fingerprint density at radius 1 is 0.778 bits per heavy atom. The molecule has 0 aliphatic carbocycles. The molecule has 3 aromatic rings. The molecular weight excluding hydrogens is 364 g/mol. The van der Waals surface area contributed by atoms with E-state index in [0.717, 1.165) is 22.3 Å². The van der Waals surface area contributed by atoms with Crippen molar-refractivity contribution in [3.8, 4) is 22.3 Å². The molecule has 0 unspecified atom stereocenters. The van der Waals surface area contributed by atoms with Crippen molar-refractivity contribution in [2.24, 2.45) is 0 Å². The van der Waals surface area contributed by atoms with Gasteiger partial charge in [0.15, 0.2) is 0 Å². The van der Waals surface area contributed by atoms with Crippen molar-refractivity contribution in [1.29, 1.82) is 0 Å². The molecular formula is C21H20O5S. The van der Waals surface area contributed by atoms with Gasteiger partial charge < -0.3 is 5.11 Å². The third kappa shape index (κ3) is 6.36. The van der Waals surface area contributed by atoms with Crippen LogP contribution in [0.2, 0.25) is 0 Å². The van der Waals surface area contributed by atoms with Crippen LogP contribution in [0, 0.1) is 0 Å². The molecule has 5 nitrogen and oxygen atoms in total. The Bertz CT molecular complexity index is 940. The fourth-order valence-corrected chi connectivity index (χ4v) is 2.35. The van der Waals surface area contributed by atoms with Gasteiger partial charge in [-0.1, -0.05) is 60.7 Å². The Morgan fingerprint density at radius 2 is 1.15 bits per heavy atom. The molecule has 0 bridgehead atoms. The van der Waals surface area contributed by atoms with Crippen LogP contribution in [-0.4, -0.2) is 29.8 Å². The van der Waals surface area contributed by atoms with Gasteiger partial charge in [0.1, 0.15) is 0 Å². The highest BCUT2D eigenvalue weighted by atomic mass is 32.2. The Kier molecular flexibility index (Phi) is 6.87. The summed E-state index contributed by atoms with van der Waals surface area (Å²) < 4.78 is 26.9. The van der Waals surface area contributed by atoms with Gasteiger partial charge in [0, 0.05) is 0 Å². The summed E-state index contributed by atoms with van der Waals surface area (Å²) in [5.41, 5.74) is 4.15. The van der Waals surface area contributed by atoms with Crippen LogP contribution in [0.15, 0.2) is 78.9 Å². The molecule has 0 atom stereocenters. The van der Waals surface area contributed by atoms with Gasteiger partial charge >= 0.3 is 5.97 Å². The van der Waals surface area contributed by atoms with Crippen molar-refractivity contribution in [3.05, 3.63) is 84.4 Å². The minimum absolute atomic E-state index is 0.201. The van der Waals surface area contributed by atoms with Crippen LogP contribution in [0.3, 0.4) is 0 Å². The predicted octanol–water partition coefficient (Wildman–Crippen LogP) is 4.61. The average molecular weight is 384 g/mol.